The molecule has 1 rings (SSSR count). The minimum Gasteiger partial charge on any atom is -0.379 e. The van der Waals surface area contributed by atoms with Crippen LogP contribution in [-0.2, 0) is 9.53 Å². The molecular formula is C16H33N3O2. The number of nitrogens with one attached hydrogen (secondary N) is 2. The quantitative estimate of drug-likeness (QED) is 0.672. The maximum absolute atomic E-state index is 12.7. The van der Waals surface area contributed by atoms with Crippen molar-refractivity contribution in [3.05, 3.63) is 0 Å². The van der Waals surface area contributed by atoms with E-state index in [-0.39, 0.29) is 11.9 Å². The van der Waals surface area contributed by atoms with Gasteiger partial charge in [0.15, 0.2) is 0 Å². The Kier molecular flexibility index (Phi) is 8.88. The minimum atomic E-state index is -0.0160. The fourth-order valence-electron chi connectivity index (χ4n) is 3.05. The molecule has 5 nitrogen and oxygen atoms in total. The first-order valence-corrected chi connectivity index (χ1v) is 8.46. The Morgan fingerprint density at radius 3 is 2.33 bits per heavy atom. The molecule has 1 amide bonds. The molecule has 1 aliphatic rings. The predicted octanol–water partition coefficient (Wildman–Crippen LogP) is 1.24. The lowest BCUT2D eigenvalue weighted by atomic mass is 9.91. The zero-order valence-corrected chi connectivity index (χ0v) is 14.2. The molecule has 1 unspecified atom stereocenters. The number of hydrogen-bond acceptors (Lipinski definition) is 4. The van der Waals surface area contributed by atoms with Gasteiger partial charge in [0.2, 0.25) is 5.91 Å². The van der Waals surface area contributed by atoms with Crippen molar-refractivity contribution >= 4 is 5.91 Å². The zero-order valence-electron chi connectivity index (χ0n) is 14.2. The molecule has 1 heterocycles. The summed E-state index contributed by atoms with van der Waals surface area (Å²) in [6.07, 6.45) is 2.07. The van der Waals surface area contributed by atoms with E-state index in [1.165, 1.54) is 0 Å². The molecule has 124 valence electrons. The number of nitrogens with zero attached hydrogens (tertiary/aromatic N) is 1. The molecule has 1 saturated heterocycles. The fourth-order valence-corrected chi connectivity index (χ4v) is 3.05. The van der Waals surface area contributed by atoms with Crippen molar-refractivity contribution in [3.8, 4) is 0 Å². The van der Waals surface area contributed by atoms with E-state index >= 15 is 0 Å². The van der Waals surface area contributed by atoms with Gasteiger partial charge in [0.05, 0.1) is 19.3 Å². The molecule has 5 heteroatoms. The minimum absolute atomic E-state index is 0.0160. The van der Waals surface area contributed by atoms with Crippen LogP contribution < -0.4 is 10.6 Å². The monoisotopic (exact) mass is 299 g/mol. The third-order valence-corrected chi connectivity index (χ3v) is 4.34. The second-order valence-electron chi connectivity index (χ2n) is 5.87. The van der Waals surface area contributed by atoms with Crippen molar-refractivity contribution in [2.45, 2.75) is 52.6 Å². The van der Waals surface area contributed by atoms with E-state index in [2.05, 4.69) is 43.2 Å². The van der Waals surface area contributed by atoms with E-state index in [4.69, 9.17) is 4.74 Å². The number of hydrogen-bond donors (Lipinski definition) is 2. The number of likely N-dealkylation sites (N-methyl/N-ethyl adjacent to an activating group) is 1. The molecule has 2 N–H and O–H groups in total. The summed E-state index contributed by atoms with van der Waals surface area (Å²) in [4.78, 5) is 15.0. The average molecular weight is 299 g/mol. The van der Waals surface area contributed by atoms with Gasteiger partial charge in [-0.25, -0.2) is 0 Å². The van der Waals surface area contributed by atoms with Gasteiger partial charge in [0, 0.05) is 25.7 Å². The van der Waals surface area contributed by atoms with E-state index in [9.17, 15) is 4.79 Å². The van der Waals surface area contributed by atoms with Crippen molar-refractivity contribution in [2.75, 3.05) is 39.4 Å². The van der Waals surface area contributed by atoms with Gasteiger partial charge in [-0.1, -0.05) is 33.6 Å². The molecule has 0 aromatic rings. The van der Waals surface area contributed by atoms with Gasteiger partial charge in [-0.3, -0.25) is 9.69 Å². The van der Waals surface area contributed by atoms with Crippen LogP contribution in [0.5, 0.6) is 0 Å². The van der Waals surface area contributed by atoms with Crippen LogP contribution in [0.3, 0.4) is 0 Å². The summed E-state index contributed by atoms with van der Waals surface area (Å²) in [5, 5.41) is 6.46. The lowest BCUT2D eigenvalue weighted by Crippen LogP contribution is -2.55. The zero-order chi connectivity index (χ0) is 15.7. The second-order valence-corrected chi connectivity index (χ2v) is 5.87. The van der Waals surface area contributed by atoms with Crippen molar-refractivity contribution in [3.63, 3.8) is 0 Å². The number of carbonyl (C=O) groups is 1. The lowest BCUT2D eigenvalue weighted by molar-refractivity contribution is -0.130. The van der Waals surface area contributed by atoms with Crippen LogP contribution in [0.4, 0.5) is 0 Å². The van der Waals surface area contributed by atoms with Crippen LogP contribution in [0, 0.1) is 5.92 Å². The molecule has 0 aliphatic carbocycles. The molecular weight excluding hydrogens is 266 g/mol. The molecule has 0 spiro atoms. The van der Waals surface area contributed by atoms with Crippen LogP contribution in [0.25, 0.3) is 0 Å². The average Bonchev–Trinajstić information content (AvgIpc) is 2.51. The number of ether oxygens (including phenoxy) is 1. The van der Waals surface area contributed by atoms with Crippen LogP contribution in [0.2, 0.25) is 0 Å². The summed E-state index contributed by atoms with van der Waals surface area (Å²) in [6, 6.07) is 0.295. The molecule has 0 aromatic carbocycles. The van der Waals surface area contributed by atoms with Crippen molar-refractivity contribution in [2.24, 2.45) is 5.92 Å². The summed E-state index contributed by atoms with van der Waals surface area (Å²) in [6.45, 7) is 13.3. The smallest absolute Gasteiger partial charge is 0.237 e. The molecule has 1 fully saturated rings. The van der Waals surface area contributed by atoms with Crippen LogP contribution in [0.1, 0.15) is 40.5 Å². The topological polar surface area (TPSA) is 53.6 Å². The largest absolute Gasteiger partial charge is 0.379 e. The van der Waals surface area contributed by atoms with Crippen molar-refractivity contribution in [1.29, 1.82) is 0 Å². The highest BCUT2D eigenvalue weighted by molar-refractivity contribution is 5.82. The number of rotatable bonds is 9. The Bertz CT molecular complexity index is 289. The van der Waals surface area contributed by atoms with Gasteiger partial charge < -0.3 is 15.4 Å². The lowest BCUT2D eigenvalue weighted by Gasteiger charge is -2.37. The molecule has 2 atom stereocenters. The first-order chi connectivity index (χ1) is 10.1. The highest BCUT2D eigenvalue weighted by atomic mass is 16.5. The first-order valence-electron chi connectivity index (χ1n) is 8.46. The summed E-state index contributed by atoms with van der Waals surface area (Å²) in [5.41, 5.74) is 0. The summed E-state index contributed by atoms with van der Waals surface area (Å²) >= 11 is 0. The normalized spacial score (nSPS) is 19.5. The fraction of sp³-hybridized carbons (Fsp3) is 0.938. The second kappa shape index (κ2) is 10.1. The van der Waals surface area contributed by atoms with E-state index in [0.717, 1.165) is 45.7 Å². The van der Waals surface area contributed by atoms with Gasteiger partial charge in [-0.15, -0.1) is 0 Å². The predicted molar refractivity (Wildman–Crippen MR) is 86.4 cm³/mol. The van der Waals surface area contributed by atoms with E-state index < -0.39 is 0 Å². The summed E-state index contributed by atoms with van der Waals surface area (Å²) in [5.74, 6) is 0.591. The summed E-state index contributed by atoms with van der Waals surface area (Å²) in [7, 11) is 0. The Morgan fingerprint density at radius 2 is 1.81 bits per heavy atom. The van der Waals surface area contributed by atoms with E-state index in [0.29, 0.717) is 18.5 Å². The van der Waals surface area contributed by atoms with Crippen LogP contribution in [-0.4, -0.2) is 62.3 Å². The van der Waals surface area contributed by atoms with Crippen molar-refractivity contribution in [1.82, 2.24) is 15.5 Å². The highest BCUT2D eigenvalue weighted by Crippen LogP contribution is 2.20. The SMILES string of the molecule is CCN[C@H](C)CNC(=O)C(C(CC)CC)N1CCOCC1. The maximum Gasteiger partial charge on any atom is 0.237 e. The van der Waals surface area contributed by atoms with Crippen LogP contribution >= 0.6 is 0 Å². The van der Waals surface area contributed by atoms with Gasteiger partial charge in [0.25, 0.3) is 0 Å². The number of amides is 1. The number of carbonyl (C=O) groups excluding carboxylic acids is 1. The Morgan fingerprint density at radius 1 is 1.19 bits per heavy atom. The third-order valence-electron chi connectivity index (χ3n) is 4.34. The molecule has 0 saturated carbocycles. The van der Waals surface area contributed by atoms with Gasteiger partial charge in [-0.05, 0) is 19.4 Å². The Hall–Kier alpha value is -0.650. The first kappa shape index (κ1) is 18.4. The van der Waals surface area contributed by atoms with Gasteiger partial charge >= 0.3 is 0 Å². The molecule has 0 bridgehead atoms. The van der Waals surface area contributed by atoms with E-state index in [1.54, 1.807) is 0 Å². The molecule has 1 aliphatic heterocycles. The van der Waals surface area contributed by atoms with E-state index in [1.807, 2.05) is 0 Å². The van der Waals surface area contributed by atoms with Crippen LogP contribution in [0.15, 0.2) is 0 Å². The highest BCUT2D eigenvalue weighted by Gasteiger charge is 2.32. The van der Waals surface area contributed by atoms with Gasteiger partial charge in [-0.2, -0.15) is 0 Å². The molecule has 0 radical (unpaired) electrons. The molecule has 0 aromatic heterocycles. The maximum atomic E-state index is 12.7. The van der Waals surface area contributed by atoms with Gasteiger partial charge in [0.1, 0.15) is 0 Å². The number of morpholine rings is 1. The third kappa shape index (κ3) is 5.93. The summed E-state index contributed by atoms with van der Waals surface area (Å²) < 4.78 is 5.42. The standard InChI is InChI=1S/C16H33N3O2/c1-5-14(6-2)15(19-8-10-21-11-9-19)16(20)18-12-13(4)17-7-3/h13-15,17H,5-12H2,1-4H3,(H,18,20)/t13-,15?/m1/s1. The Labute approximate surface area is 129 Å². The van der Waals surface area contributed by atoms with Crippen molar-refractivity contribution < 1.29 is 9.53 Å². The molecule has 21 heavy (non-hydrogen) atoms. The Balaban J connectivity index is 2.63.